The Kier molecular flexibility index (Phi) is 6.67. The number of carbonyl (C=O) groups is 3. The number of amides is 1. The number of benzene rings is 1. The van der Waals surface area contributed by atoms with Crippen molar-refractivity contribution in [1.82, 2.24) is 9.80 Å². The molecule has 0 aliphatic carbocycles. The first-order valence-electron chi connectivity index (χ1n) is 9.86. The normalized spacial score (nSPS) is 22.3. The summed E-state index contributed by atoms with van der Waals surface area (Å²) in [5.41, 5.74) is 2.13. The van der Waals surface area contributed by atoms with Crippen LogP contribution in [0, 0.1) is 5.92 Å². The second-order valence-electron chi connectivity index (χ2n) is 7.36. The molecule has 1 saturated heterocycles. The fourth-order valence-corrected chi connectivity index (χ4v) is 4.07. The lowest BCUT2D eigenvalue weighted by Gasteiger charge is -2.37. The quantitative estimate of drug-likeness (QED) is 0.710. The Morgan fingerprint density at radius 2 is 1.89 bits per heavy atom. The van der Waals surface area contributed by atoms with Crippen LogP contribution in [0.4, 0.5) is 0 Å². The summed E-state index contributed by atoms with van der Waals surface area (Å²) < 4.78 is 10.1. The van der Waals surface area contributed by atoms with Gasteiger partial charge in [-0.25, -0.2) is 4.79 Å². The van der Waals surface area contributed by atoms with Gasteiger partial charge in [-0.3, -0.25) is 14.5 Å². The molecule has 1 aromatic rings. The predicted molar refractivity (Wildman–Crippen MR) is 102 cm³/mol. The van der Waals surface area contributed by atoms with Gasteiger partial charge in [0, 0.05) is 19.5 Å². The molecule has 1 aromatic carbocycles. The zero-order valence-corrected chi connectivity index (χ0v) is 16.6. The summed E-state index contributed by atoms with van der Waals surface area (Å²) in [5.74, 6) is -0.903. The molecule has 0 N–H and O–H groups in total. The van der Waals surface area contributed by atoms with E-state index < -0.39 is 12.0 Å². The SMILES string of the molecule is CCOC(=O)[C@@H]1CCCN(CC(=O)N2Cc3ccccc3C[C@H]2C(=O)OC)C1. The minimum absolute atomic E-state index is 0.116. The highest BCUT2D eigenvalue weighted by atomic mass is 16.5. The van der Waals surface area contributed by atoms with E-state index in [2.05, 4.69) is 0 Å². The molecule has 1 amide bonds. The standard InChI is InChI=1S/C21H28N2O5/c1-3-28-20(25)17-9-6-10-22(12-17)14-19(24)23-13-16-8-5-4-7-15(16)11-18(23)21(26)27-2/h4-5,7-8,17-18H,3,6,9-14H2,1-2H3/t17-,18+/m1/s1. The van der Waals surface area contributed by atoms with E-state index in [1.807, 2.05) is 29.2 Å². The largest absolute Gasteiger partial charge is 0.467 e. The third-order valence-electron chi connectivity index (χ3n) is 5.53. The fraction of sp³-hybridized carbons (Fsp3) is 0.571. The minimum atomic E-state index is -0.613. The highest BCUT2D eigenvalue weighted by Gasteiger charge is 2.36. The summed E-state index contributed by atoms with van der Waals surface area (Å²) in [7, 11) is 1.35. The zero-order chi connectivity index (χ0) is 20.1. The molecule has 7 heteroatoms. The van der Waals surface area contributed by atoms with Crippen molar-refractivity contribution in [3.63, 3.8) is 0 Å². The van der Waals surface area contributed by atoms with Gasteiger partial charge < -0.3 is 14.4 Å². The van der Waals surface area contributed by atoms with Gasteiger partial charge in [0.05, 0.1) is 26.2 Å². The van der Waals surface area contributed by atoms with Gasteiger partial charge in [0.15, 0.2) is 0 Å². The molecule has 28 heavy (non-hydrogen) atoms. The summed E-state index contributed by atoms with van der Waals surface area (Å²) in [6.07, 6.45) is 2.09. The second-order valence-corrected chi connectivity index (χ2v) is 7.36. The number of nitrogens with zero attached hydrogens (tertiary/aromatic N) is 2. The number of carbonyl (C=O) groups excluding carboxylic acids is 3. The van der Waals surface area contributed by atoms with E-state index in [1.165, 1.54) is 7.11 Å². The summed E-state index contributed by atoms with van der Waals surface area (Å²) in [5, 5.41) is 0. The number of rotatable bonds is 5. The van der Waals surface area contributed by atoms with Crippen LogP contribution in [0.15, 0.2) is 24.3 Å². The van der Waals surface area contributed by atoms with Crippen molar-refractivity contribution in [3.8, 4) is 0 Å². The molecule has 2 heterocycles. The Balaban J connectivity index is 1.69. The average molecular weight is 388 g/mol. The van der Waals surface area contributed by atoms with Gasteiger partial charge in [0.2, 0.25) is 5.91 Å². The highest BCUT2D eigenvalue weighted by Crippen LogP contribution is 2.25. The second kappa shape index (κ2) is 9.19. The number of piperidine rings is 1. The van der Waals surface area contributed by atoms with E-state index in [1.54, 1.807) is 11.8 Å². The maximum absolute atomic E-state index is 13.1. The van der Waals surface area contributed by atoms with Crippen LogP contribution in [0.5, 0.6) is 0 Å². The lowest BCUT2D eigenvalue weighted by molar-refractivity contribution is -0.155. The van der Waals surface area contributed by atoms with Crippen LogP contribution < -0.4 is 0 Å². The Morgan fingerprint density at radius 3 is 2.61 bits per heavy atom. The minimum Gasteiger partial charge on any atom is -0.467 e. The van der Waals surface area contributed by atoms with Crippen LogP contribution in [0.1, 0.15) is 30.9 Å². The molecule has 152 valence electrons. The van der Waals surface area contributed by atoms with E-state index >= 15 is 0 Å². The number of hydrogen-bond donors (Lipinski definition) is 0. The monoisotopic (exact) mass is 388 g/mol. The van der Waals surface area contributed by atoms with Crippen molar-refractivity contribution >= 4 is 17.8 Å². The van der Waals surface area contributed by atoms with E-state index in [0.29, 0.717) is 26.1 Å². The highest BCUT2D eigenvalue weighted by molar-refractivity contribution is 5.86. The topological polar surface area (TPSA) is 76.2 Å². The van der Waals surface area contributed by atoms with Gasteiger partial charge in [0.25, 0.3) is 0 Å². The van der Waals surface area contributed by atoms with Gasteiger partial charge in [-0.1, -0.05) is 24.3 Å². The molecule has 7 nitrogen and oxygen atoms in total. The summed E-state index contributed by atoms with van der Waals surface area (Å²) >= 11 is 0. The van der Waals surface area contributed by atoms with E-state index in [-0.39, 0.29) is 24.3 Å². The molecule has 3 rings (SSSR count). The molecule has 0 saturated carbocycles. The number of ether oxygens (including phenoxy) is 2. The Bertz CT molecular complexity index is 735. The lowest BCUT2D eigenvalue weighted by atomic mass is 9.93. The first-order valence-corrected chi connectivity index (χ1v) is 9.86. The van der Waals surface area contributed by atoms with Gasteiger partial charge in [-0.15, -0.1) is 0 Å². The summed E-state index contributed by atoms with van der Waals surface area (Å²) in [4.78, 5) is 41.0. The Hall–Kier alpha value is -2.41. The van der Waals surface area contributed by atoms with Gasteiger partial charge in [-0.05, 0) is 37.4 Å². The fourth-order valence-electron chi connectivity index (χ4n) is 4.07. The molecule has 2 aliphatic heterocycles. The molecule has 2 atom stereocenters. The predicted octanol–water partition coefficient (Wildman–Crippen LogP) is 1.39. The van der Waals surface area contributed by atoms with E-state index in [0.717, 1.165) is 30.5 Å². The molecular formula is C21H28N2O5. The maximum Gasteiger partial charge on any atom is 0.328 e. The van der Waals surface area contributed by atoms with Crippen LogP contribution in [0.25, 0.3) is 0 Å². The summed E-state index contributed by atoms with van der Waals surface area (Å²) in [6, 6.07) is 7.24. The number of likely N-dealkylation sites (tertiary alicyclic amines) is 1. The Labute approximate surface area is 165 Å². The van der Waals surface area contributed by atoms with Crippen molar-refractivity contribution < 1.29 is 23.9 Å². The number of methoxy groups -OCH3 is 1. The molecule has 0 bridgehead atoms. The van der Waals surface area contributed by atoms with Crippen LogP contribution >= 0.6 is 0 Å². The van der Waals surface area contributed by atoms with Crippen LogP contribution in [-0.4, -0.2) is 67.0 Å². The molecular weight excluding hydrogens is 360 g/mol. The van der Waals surface area contributed by atoms with Crippen LogP contribution in [-0.2, 0) is 36.8 Å². The van der Waals surface area contributed by atoms with Gasteiger partial charge in [0.1, 0.15) is 6.04 Å². The maximum atomic E-state index is 13.1. The summed E-state index contributed by atoms with van der Waals surface area (Å²) in [6.45, 7) is 4.01. The van der Waals surface area contributed by atoms with Crippen molar-refractivity contribution in [3.05, 3.63) is 35.4 Å². The molecule has 0 aromatic heterocycles. The van der Waals surface area contributed by atoms with E-state index in [4.69, 9.17) is 9.47 Å². The molecule has 0 unspecified atom stereocenters. The first-order chi connectivity index (χ1) is 13.5. The third kappa shape index (κ3) is 4.52. The smallest absolute Gasteiger partial charge is 0.328 e. The van der Waals surface area contributed by atoms with Crippen LogP contribution in [0.2, 0.25) is 0 Å². The number of hydrogen-bond acceptors (Lipinski definition) is 6. The van der Waals surface area contributed by atoms with Crippen molar-refractivity contribution in [2.24, 2.45) is 5.92 Å². The van der Waals surface area contributed by atoms with Gasteiger partial charge in [-0.2, -0.15) is 0 Å². The van der Waals surface area contributed by atoms with Crippen molar-refractivity contribution in [1.29, 1.82) is 0 Å². The van der Waals surface area contributed by atoms with Crippen molar-refractivity contribution in [2.75, 3.05) is 33.4 Å². The first kappa shape index (κ1) is 20.3. The van der Waals surface area contributed by atoms with Crippen molar-refractivity contribution in [2.45, 2.75) is 38.8 Å². The zero-order valence-electron chi connectivity index (χ0n) is 16.6. The van der Waals surface area contributed by atoms with E-state index in [9.17, 15) is 14.4 Å². The lowest BCUT2D eigenvalue weighted by Crippen LogP contribution is -2.53. The number of esters is 2. The molecule has 1 fully saturated rings. The van der Waals surface area contributed by atoms with Crippen LogP contribution in [0.3, 0.4) is 0 Å². The molecule has 0 spiro atoms. The molecule has 2 aliphatic rings. The third-order valence-corrected chi connectivity index (χ3v) is 5.53. The Morgan fingerprint density at radius 1 is 1.14 bits per heavy atom. The molecule has 0 radical (unpaired) electrons. The average Bonchev–Trinajstić information content (AvgIpc) is 2.72. The van der Waals surface area contributed by atoms with Gasteiger partial charge >= 0.3 is 11.9 Å². The number of fused-ring (bicyclic) bond motifs is 1.